The summed E-state index contributed by atoms with van der Waals surface area (Å²) in [6.07, 6.45) is 1.07. The van der Waals surface area contributed by atoms with Crippen LogP contribution >= 0.6 is 11.6 Å². The van der Waals surface area contributed by atoms with Gasteiger partial charge < -0.3 is 4.74 Å². The van der Waals surface area contributed by atoms with Crippen LogP contribution in [0.2, 0.25) is 5.15 Å². The molecule has 0 aliphatic rings. The number of ether oxygens (including phenoxy) is 1. The van der Waals surface area contributed by atoms with Gasteiger partial charge in [-0.05, 0) is 24.5 Å². The minimum atomic E-state index is 0.531. The van der Waals surface area contributed by atoms with Crippen molar-refractivity contribution in [1.82, 2.24) is 4.98 Å². The molecule has 0 saturated heterocycles. The first-order valence-corrected chi connectivity index (χ1v) is 6.66. The molecule has 1 aromatic carbocycles. The van der Waals surface area contributed by atoms with E-state index in [1.54, 1.807) is 0 Å². The molecule has 0 atom stereocenters. The lowest BCUT2D eigenvalue weighted by molar-refractivity contribution is 0.110. The molecule has 18 heavy (non-hydrogen) atoms. The summed E-state index contributed by atoms with van der Waals surface area (Å²) in [6.45, 7) is 5.67. The summed E-state index contributed by atoms with van der Waals surface area (Å²) in [4.78, 5) is 4.37. The lowest BCUT2D eigenvalue weighted by Crippen LogP contribution is -2.00. The van der Waals surface area contributed by atoms with Crippen molar-refractivity contribution in [3.05, 3.63) is 41.0 Å². The first-order chi connectivity index (χ1) is 8.66. The van der Waals surface area contributed by atoms with Gasteiger partial charge in [0.15, 0.2) is 0 Å². The van der Waals surface area contributed by atoms with Crippen LogP contribution in [0.3, 0.4) is 0 Å². The molecule has 0 amide bonds. The van der Waals surface area contributed by atoms with Crippen LogP contribution in [0.15, 0.2) is 30.3 Å². The number of hydrogen-bond acceptors (Lipinski definition) is 2. The fourth-order valence-corrected chi connectivity index (χ4v) is 1.94. The second-order valence-electron chi connectivity index (χ2n) is 4.87. The summed E-state index contributed by atoms with van der Waals surface area (Å²) >= 11 is 6.15. The summed E-state index contributed by atoms with van der Waals surface area (Å²) in [7, 11) is 0. The molecule has 1 aromatic heterocycles. The smallest absolute Gasteiger partial charge is 0.135 e. The van der Waals surface area contributed by atoms with Crippen molar-refractivity contribution in [2.45, 2.75) is 26.9 Å². The molecule has 0 radical (unpaired) electrons. The standard InChI is InChI=1S/C15H18ClNO/c1-11(2)7-8-18-10-13-9-12-5-3-4-6-14(12)17-15(13)16/h3-6,9,11H,7-8,10H2,1-2H3. The van der Waals surface area contributed by atoms with Crippen LogP contribution in [0.1, 0.15) is 25.8 Å². The van der Waals surface area contributed by atoms with Crippen molar-refractivity contribution in [3.63, 3.8) is 0 Å². The van der Waals surface area contributed by atoms with Gasteiger partial charge in [0, 0.05) is 17.6 Å². The third kappa shape index (κ3) is 3.44. The maximum absolute atomic E-state index is 6.15. The van der Waals surface area contributed by atoms with Crippen LogP contribution in [0, 0.1) is 5.92 Å². The maximum atomic E-state index is 6.15. The fourth-order valence-electron chi connectivity index (χ4n) is 1.74. The Morgan fingerprint density at radius 2 is 2.06 bits per heavy atom. The molecule has 96 valence electrons. The molecular weight excluding hydrogens is 246 g/mol. The topological polar surface area (TPSA) is 22.1 Å². The zero-order valence-corrected chi connectivity index (χ0v) is 11.6. The molecule has 2 nitrogen and oxygen atoms in total. The predicted octanol–water partition coefficient (Wildman–Crippen LogP) is 4.45. The Balaban J connectivity index is 2.06. The monoisotopic (exact) mass is 263 g/mol. The number of rotatable bonds is 5. The molecule has 0 aliphatic heterocycles. The first kappa shape index (κ1) is 13.3. The van der Waals surface area contributed by atoms with Crippen LogP contribution in [0.25, 0.3) is 10.9 Å². The zero-order chi connectivity index (χ0) is 13.0. The Kier molecular flexibility index (Phi) is 4.56. The highest BCUT2D eigenvalue weighted by Gasteiger charge is 2.05. The largest absolute Gasteiger partial charge is 0.377 e. The van der Waals surface area contributed by atoms with Gasteiger partial charge >= 0.3 is 0 Å². The Morgan fingerprint density at radius 1 is 1.28 bits per heavy atom. The Bertz CT molecular complexity index is 525. The van der Waals surface area contributed by atoms with Gasteiger partial charge in [-0.15, -0.1) is 0 Å². The minimum absolute atomic E-state index is 0.531. The highest BCUT2D eigenvalue weighted by molar-refractivity contribution is 6.30. The van der Waals surface area contributed by atoms with E-state index in [-0.39, 0.29) is 0 Å². The highest BCUT2D eigenvalue weighted by Crippen LogP contribution is 2.21. The van der Waals surface area contributed by atoms with Gasteiger partial charge in [0.1, 0.15) is 5.15 Å². The molecule has 0 saturated carbocycles. The third-order valence-corrected chi connectivity index (χ3v) is 3.17. The van der Waals surface area contributed by atoms with Gasteiger partial charge in [-0.2, -0.15) is 0 Å². The molecule has 3 heteroatoms. The van der Waals surface area contributed by atoms with Crippen molar-refractivity contribution in [3.8, 4) is 0 Å². The molecule has 0 bridgehead atoms. The van der Waals surface area contributed by atoms with Gasteiger partial charge in [0.05, 0.1) is 12.1 Å². The Hall–Kier alpha value is -1.12. The van der Waals surface area contributed by atoms with E-state index in [0.717, 1.165) is 29.5 Å². The lowest BCUT2D eigenvalue weighted by atomic mass is 10.1. The van der Waals surface area contributed by atoms with Crippen LogP contribution < -0.4 is 0 Å². The number of aromatic nitrogens is 1. The third-order valence-electron chi connectivity index (χ3n) is 2.85. The van der Waals surface area contributed by atoms with Crippen molar-refractivity contribution in [2.24, 2.45) is 5.92 Å². The molecule has 2 aromatic rings. The van der Waals surface area contributed by atoms with Crippen molar-refractivity contribution in [1.29, 1.82) is 0 Å². The van der Waals surface area contributed by atoms with E-state index in [0.29, 0.717) is 17.7 Å². The lowest BCUT2D eigenvalue weighted by Gasteiger charge is -2.08. The molecule has 0 fully saturated rings. The SMILES string of the molecule is CC(C)CCOCc1cc2ccccc2nc1Cl. The summed E-state index contributed by atoms with van der Waals surface area (Å²) in [5, 5.41) is 1.64. The van der Waals surface area contributed by atoms with E-state index in [1.165, 1.54) is 0 Å². The van der Waals surface area contributed by atoms with E-state index in [4.69, 9.17) is 16.3 Å². The Labute approximate surface area is 113 Å². The molecule has 2 rings (SSSR count). The normalized spacial score (nSPS) is 11.3. The second kappa shape index (κ2) is 6.17. The number of nitrogens with zero attached hydrogens (tertiary/aromatic N) is 1. The van der Waals surface area contributed by atoms with Gasteiger partial charge in [0.2, 0.25) is 0 Å². The van der Waals surface area contributed by atoms with Crippen molar-refractivity contribution in [2.75, 3.05) is 6.61 Å². The fraction of sp³-hybridized carbons (Fsp3) is 0.400. The summed E-state index contributed by atoms with van der Waals surface area (Å²) in [6, 6.07) is 10.0. The first-order valence-electron chi connectivity index (χ1n) is 6.28. The number of pyridine rings is 1. The quantitative estimate of drug-likeness (QED) is 0.587. The van der Waals surface area contributed by atoms with Crippen LogP contribution in [-0.4, -0.2) is 11.6 Å². The number of benzene rings is 1. The molecule has 0 unspecified atom stereocenters. The van der Waals surface area contributed by atoms with Gasteiger partial charge in [-0.3, -0.25) is 0 Å². The number of hydrogen-bond donors (Lipinski definition) is 0. The van der Waals surface area contributed by atoms with Crippen LogP contribution in [-0.2, 0) is 11.3 Å². The van der Waals surface area contributed by atoms with Crippen LogP contribution in [0.4, 0.5) is 0 Å². The van der Waals surface area contributed by atoms with E-state index in [1.807, 2.05) is 24.3 Å². The molecule has 1 heterocycles. The van der Waals surface area contributed by atoms with Gasteiger partial charge in [-0.1, -0.05) is 43.6 Å². The van der Waals surface area contributed by atoms with E-state index < -0.39 is 0 Å². The van der Waals surface area contributed by atoms with E-state index in [9.17, 15) is 0 Å². The molecule has 0 N–H and O–H groups in total. The molecule has 0 spiro atoms. The molecular formula is C15H18ClNO. The second-order valence-corrected chi connectivity index (χ2v) is 5.22. The average molecular weight is 264 g/mol. The van der Waals surface area contributed by atoms with Crippen molar-refractivity contribution < 1.29 is 4.74 Å². The maximum Gasteiger partial charge on any atom is 0.135 e. The number of fused-ring (bicyclic) bond motifs is 1. The Morgan fingerprint density at radius 3 is 2.83 bits per heavy atom. The summed E-state index contributed by atoms with van der Waals surface area (Å²) in [5.74, 6) is 0.662. The van der Waals surface area contributed by atoms with Crippen LogP contribution in [0.5, 0.6) is 0 Å². The number of para-hydroxylation sites is 1. The predicted molar refractivity (Wildman–Crippen MR) is 75.9 cm³/mol. The van der Waals surface area contributed by atoms with E-state index >= 15 is 0 Å². The summed E-state index contributed by atoms with van der Waals surface area (Å²) < 4.78 is 5.64. The van der Waals surface area contributed by atoms with Gasteiger partial charge in [0.25, 0.3) is 0 Å². The highest BCUT2D eigenvalue weighted by atomic mass is 35.5. The molecule has 0 aliphatic carbocycles. The minimum Gasteiger partial charge on any atom is -0.377 e. The zero-order valence-electron chi connectivity index (χ0n) is 10.8. The average Bonchev–Trinajstić information content (AvgIpc) is 2.34. The number of halogens is 1. The summed E-state index contributed by atoms with van der Waals surface area (Å²) in [5.41, 5.74) is 1.88. The van der Waals surface area contributed by atoms with E-state index in [2.05, 4.69) is 24.9 Å². The van der Waals surface area contributed by atoms with Crippen molar-refractivity contribution >= 4 is 22.5 Å². The van der Waals surface area contributed by atoms with Gasteiger partial charge in [-0.25, -0.2) is 4.98 Å².